The summed E-state index contributed by atoms with van der Waals surface area (Å²) in [5.74, 6) is -0.0307. The van der Waals surface area contributed by atoms with Crippen molar-refractivity contribution in [3.8, 4) is 21.7 Å². The Kier molecular flexibility index (Phi) is 8.22. The van der Waals surface area contributed by atoms with E-state index in [4.69, 9.17) is 9.72 Å². The largest absolute Gasteiger partial charge is 0.383 e. The maximum absolute atomic E-state index is 12.8. The molecule has 4 aromatic rings. The summed E-state index contributed by atoms with van der Waals surface area (Å²) < 4.78 is 30.1. The highest BCUT2D eigenvalue weighted by Gasteiger charge is 2.25. The Morgan fingerprint density at radius 2 is 1.97 bits per heavy atom. The molecule has 5 rings (SSSR count). The van der Waals surface area contributed by atoms with Crippen LogP contribution in [0, 0.1) is 0 Å². The number of anilines is 1. The summed E-state index contributed by atoms with van der Waals surface area (Å²) in [6.07, 6.45) is 2.47. The van der Waals surface area contributed by atoms with Crippen molar-refractivity contribution < 1.29 is 17.9 Å². The van der Waals surface area contributed by atoms with Gasteiger partial charge in [-0.25, -0.2) is 13.4 Å². The highest BCUT2D eigenvalue weighted by molar-refractivity contribution is 7.90. The van der Waals surface area contributed by atoms with Gasteiger partial charge in [0.05, 0.1) is 21.7 Å². The molecule has 8 nitrogen and oxygen atoms in total. The van der Waals surface area contributed by atoms with Crippen molar-refractivity contribution in [1.82, 2.24) is 15.6 Å². The molecule has 0 radical (unpaired) electrons. The Hall–Kier alpha value is -2.67. The number of ether oxygens (including phenoxy) is 1. The van der Waals surface area contributed by atoms with Crippen LogP contribution in [0.3, 0.4) is 0 Å². The monoisotopic (exact) mass is 570 g/mol. The first-order chi connectivity index (χ1) is 18.3. The standard InChI is InChI=1S/C27H30N4O4S3/c1-35-13-12-28-11-9-24(32)31-27-25(20-8-10-29-16-23(20)37-27)26-30-21-15-18(6-7-22(21)36-26)17-4-3-5-19(14-17)38(2,33)34/h3-7,14-15,28-29H,8-13,16H2,1-2H3,(H,31,32). The van der Waals surface area contributed by atoms with E-state index in [-0.39, 0.29) is 5.91 Å². The van der Waals surface area contributed by atoms with Crippen molar-refractivity contribution in [2.24, 2.45) is 0 Å². The summed E-state index contributed by atoms with van der Waals surface area (Å²) in [5, 5.41) is 11.5. The zero-order valence-electron chi connectivity index (χ0n) is 21.3. The third-order valence-electron chi connectivity index (χ3n) is 6.39. The molecule has 2 aromatic heterocycles. The highest BCUT2D eigenvalue weighted by atomic mass is 32.2. The van der Waals surface area contributed by atoms with Gasteiger partial charge in [0, 0.05) is 49.9 Å². The van der Waals surface area contributed by atoms with Crippen molar-refractivity contribution in [2.45, 2.75) is 24.3 Å². The number of methoxy groups -OCH3 is 1. The van der Waals surface area contributed by atoms with E-state index in [1.807, 2.05) is 24.3 Å². The first-order valence-corrected chi connectivity index (χ1v) is 15.9. The number of thiophene rings is 1. The second-order valence-electron chi connectivity index (χ2n) is 9.18. The Morgan fingerprint density at radius 1 is 1.13 bits per heavy atom. The quantitative estimate of drug-likeness (QED) is 0.244. The third kappa shape index (κ3) is 5.98. The molecule has 0 bridgehead atoms. The summed E-state index contributed by atoms with van der Waals surface area (Å²) in [6, 6.07) is 13.0. The van der Waals surface area contributed by atoms with Gasteiger partial charge in [-0.3, -0.25) is 4.79 Å². The average molecular weight is 571 g/mol. The third-order valence-corrected chi connectivity index (χ3v) is 9.70. The highest BCUT2D eigenvalue weighted by Crippen LogP contribution is 2.45. The molecule has 11 heteroatoms. The molecule has 38 heavy (non-hydrogen) atoms. The van der Waals surface area contributed by atoms with Crippen molar-refractivity contribution in [3.63, 3.8) is 0 Å². The van der Waals surface area contributed by atoms with Crippen LogP contribution in [0.1, 0.15) is 16.9 Å². The molecule has 0 atom stereocenters. The van der Waals surface area contributed by atoms with Gasteiger partial charge < -0.3 is 20.7 Å². The van der Waals surface area contributed by atoms with E-state index in [9.17, 15) is 13.2 Å². The smallest absolute Gasteiger partial charge is 0.226 e. The molecule has 0 unspecified atom stereocenters. The van der Waals surface area contributed by atoms with Gasteiger partial charge in [0.1, 0.15) is 10.0 Å². The molecular formula is C27H30N4O4S3. The van der Waals surface area contributed by atoms with Crippen LogP contribution in [0.25, 0.3) is 31.9 Å². The minimum Gasteiger partial charge on any atom is -0.383 e. The van der Waals surface area contributed by atoms with Crippen LogP contribution >= 0.6 is 22.7 Å². The second-order valence-corrected chi connectivity index (χ2v) is 13.3. The van der Waals surface area contributed by atoms with Gasteiger partial charge in [-0.1, -0.05) is 18.2 Å². The lowest BCUT2D eigenvalue weighted by Gasteiger charge is -2.13. The van der Waals surface area contributed by atoms with E-state index in [2.05, 4.69) is 16.0 Å². The van der Waals surface area contributed by atoms with Gasteiger partial charge in [0.25, 0.3) is 0 Å². The molecule has 0 aliphatic carbocycles. The number of carbonyl (C=O) groups excluding carboxylic acids is 1. The molecule has 1 amide bonds. The maximum atomic E-state index is 12.8. The van der Waals surface area contributed by atoms with Crippen LogP contribution in [-0.2, 0) is 32.3 Å². The number of nitrogens with zero attached hydrogens (tertiary/aromatic N) is 1. The van der Waals surface area contributed by atoms with Gasteiger partial charge >= 0.3 is 0 Å². The predicted octanol–water partition coefficient (Wildman–Crippen LogP) is 4.31. The lowest BCUT2D eigenvalue weighted by atomic mass is 10.0. The Morgan fingerprint density at radius 3 is 2.79 bits per heavy atom. The average Bonchev–Trinajstić information content (AvgIpc) is 3.48. The van der Waals surface area contributed by atoms with Crippen LogP contribution in [-0.4, -0.2) is 58.9 Å². The number of benzene rings is 2. The number of nitrogens with one attached hydrogen (secondary N) is 3. The SMILES string of the molecule is COCCNCCC(=O)Nc1sc2c(c1-c1nc3cc(-c4cccc(S(C)(=O)=O)c4)ccc3s1)CCNC2. The molecule has 1 aliphatic heterocycles. The number of hydrogen-bond acceptors (Lipinski definition) is 9. The summed E-state index contributed by atoms with van der Waals surface area (Å²) in [4.78, 5) is 19.3. The first kappa shape index (κ1) is 26.9. The Balaban J connectivity index is 1.45. The fourth-order valence-electron chi connectivity index (χ4n) is 4.46. The van der Waals surface area contributed by atoms with Crippen LogP contribution in [0.5, 0.6) is 0 Å². The van der Waals surface area contributed by atoms with Crippen LogP contribution in [0.4, 0.5) is 5.00 Å². The maximum Gasteiger partial charge on any atom is 0.226 e. The second kappa shape index (κ2) is 11.6. The Labute approximate surface area is 230 Å². The van der Waals surface area contributed by atoms with Crippen LogP contribution in [0.2, 0.25) is 0 Å². The lowest BCUT2D eigenvalue weighted by Crippen LogP contribution is -2.24. The van der Waals surface area contributed by atoms with Gasteiger partial charge in [-0.15, -0.1) is 22.7 Å². The molecule has 2 aromatic carbocycles. The van der Waals surface area contributed by atoms with Gasteiger partial charge in [0.15, 0.2) is 9.84 Å². The predicted molar refractivity (Wildman–Crippen MR) is 155 cm³/mol. The van der Waals surface area contributed by atoms with E-state index < -0.39 is 9.84 Å². The minimum atomic E-state index is -3.30. The number of amides is 1. The van der Waals surface area contributed by atoms with E-state index in [1.54, 1.807) is 48.0 Å². The van der Waals surface area contributed by atoms with Crippen molar-refractivity contribution >= 4 is 53.6 Å². The van der Waals surface area contributed by atoms with Crippen molar-refractivity contribution in [1.29, 1.82) is 0 Å². The Bertz CT molecular complexity index is 1580. The van der Waals surface area contributed by atoms with E-state index >= 15 is 0 Å². The van der Waals surface area contributed by atoms with Gasteiger partial charge in [0.2, 0.25) is 5.91 Å². The number of fused-ring (bicyclic) bond motifs is 2. The van der Waals surface area contributed by atoms with Gasteiger partial charge in [-0.05, 0) is 53.9 Å². The number of aromatic nitrogens is 1. The first-order valence-electron chi connectivity index (χ1n) is 12.4. The summed E-state index contributed by atoms with van der Waals surface area (Å²) in [5.41, 5.74) is 4.86. The summed E-state index contributed by atoms with van der Waals surface area (Å²) in [7, 11) is -1.64. The molecule has 3 heterocycles. The van der Waals surface area contributed by atoms with Gasteiger partial charge in [-0.2, -0.15) is 0 Å². The molecule has 0 saturated heterocycles. The molecule has 200 valence electrons. The van der Waals surface area contributed by atoms with E-state index in [0.717, 1.165) is 56.4 Å². The number of sulfone groups is 1. The number of thiazole rings is 1. The summed E-state index contributed by atoms with van der Waals surface area (Å²) >= 11 is 3.23. The van der Waals surface area contributed by atoms with Crippen molar-refractivity contribution in [3.05, 3.63) is 52.9 Å². The molecule has 0 spiro atoms. The topological polar surface area (TPSA) is 109 Å². The molecule has 3 N–H and O–H groups in total. The van der Waals surface area contributed by atoms with Crippen molar-refractivity contribution in [2.75, 3.05) is 44.9 Å². The minimum absolute atomic E-state index is 0.0307. The number of hydrogen-bond donors (Lipinski definition) is 3. The normalized spacial score (nSPS) is 13.5. The zero-order valence-corrected chi connectivity index (χ0v) is 23.7. The molecular weight excluding hydrogens is 541 g/mol. The lowest BCUT2D eigenvalue weighted by molar-refractivity contribution is -0.116. The van der Waals surface area contributed by atoms with Crippen LogP contribution < -0.4 is 16.0 Å². The van der Waals surface area contributed by atoms with E-state index in [0.29, 0.717) is 31.0 Å². The fourth-order valence-corrected chi connectivity index (χ4v) is 7.45. The fraction of sp³-hybridized carbons (Fsp3) is 0.333. The number of carbonyl (C=O) groups is 1. The van der Waals surface area contributed by atoms with Crippen LogP contribution in [0.15, 0.2) is 47.4 Å². The molecule has 0 saturated carbocycles. The number of rotatable bonds is 10. The zero-order chi connectivity index (χ0) is 26.7. The van der Waals surface area contributed by atoms with E-state index in [1.165, 1.54) is 16.7 Å². The molecule has 1 aliphatic rings. The summed E-state index contributed by atoms with van der Waals surface area (Å²) in [6.45, 7) is 3.58. The molecule has 0 fully saturated rings.